The van der Waals surface area contributed by atoms with Crippen LogP contribution >= 0.6 is 11.5 Å². The van der Waals surface area contributed by atoms with Crippen molar-refractivity contribution in [2.75, 3.05) is 0 Å². The molecular formula is C16H16F3N11S. The molecule has 3 N–H and O–H groups in total. The van der Waals surface area contributed by atoms with Gasteiger partial charge in [0.15, 0.2) is 11.5 Å². The van der Waals surface area contributed by atoms with Crippen molar-refractivity contribution in [3.8, 4) is 6.07 Å². The molecule has 3 rings (SSSR count). The number of aromatic amines is 1. The highest BCUT2D eigenvalue weighted by atomic mass is 32.1. The van der Waals surface area contributed by atoms with E-state index in [1.165, 1.54) is 4.63 Å². The summed E-state index contributed by atoms with van der Waals surface area (Å²) in [7, 11) is 0. The van der Waals surface area contributed by atoms with Gasteiger partial charge in [0.2, 0.25) is 16.6 Å². The van der Waals surface area contributed by atoms with Gasteiger partial charge in [0.05, 0.1) is 5.69 Å². The molecule has 0 aromatic carbocycles. The van der Waals surface area contributed by atoms with Gasteiger partial charge in [0.1, 0.15) is 17.5 Å². The largest absolute Gasteiger partial charge is 0.452 e. The third-order valence-corrected chi connectivity index (χ3v) is 4.38. The molecule has 0 fully saturated rings. The molecule has 0 unspecified atom stereocenters. The highest BCUT2D eigenvalue weighted by Gasteiger charge is 2.36. The molecule has 0 aliphatic carbocycles. The number of hydrogen-bond donors (Lipinski definition) is 2. The van der Waals surface area contributed by atoms with Crippen molar-refractivity contribution in [1.82, 2.24) is 29.2 Å². The third-order valence-electron chi connectivity index (χ3n) is 3.77. The van der Waals surface area contributed by atoms with Crippen molar-refractivity contribution >= 4 is 33.8 Å². The molecule has 3 aromatic heterocycles. The van der Waals surface area contributed by atoms with Crippen molar-refractivity contribution in [3.05, 3.63) is 29.1 Å². The summed E-state index contributed by atoms with van der Waals surface area (Å²) in [4.78, 5) is 11.5. The Morgan fingerprint density at radius 3 is 2.55 bits per heavy atom. The van der Waals surface area contributed by atoms with Gasteiger partial charge in [0.25, 0.3) is 0 Å². The smallest absolute Gasteiger partial charge is 0.403 e. The molecule has 31 heavy (non-hydrogen) atoms. The standard InChI is InChI=1S/C16H16F3N11S/c1-7-22-12-9(10(15(2,3)4)28-30(12)27-7)25-26-11(8(5-20)6-21)23-14-24-13(29-31-14)16(17,18)19/h5,28H,20H2,1-4H3. The number of halogens is 3. The molecule has 11 nitrogen and oxygen atoms in total. The molecule has 3 heterocycles. The molecule has 0 saturated carbocycles. The Hall–Kier alpha value is -3.67. The number of amidine groups is 1. The maximum absolute atomic E-state index is 12.8. The Morgan fingerprint density at radius 2 is 2.00 bits per heavy atom. The Labute approximate surface area is 177 Å². The number of hydrogen-bond acceptors (Lipinski definition) is 9. The fourth-order valence-electron chi connectivity index (χ4n) is 2.40. The summed E-state index contributed by atoms with van der Waals surface area (Å²) in [5, 5.41) is 24.4. The fourth-order valence-corrected chi connectivity index (χ4v) is 2.96. The fraction of sp³-hybridized carbons (Fsp3) is 0.375. The molecule has 0 aliphatic rings. The Morgan fingerprint density at radius 1 is 1.29 bits per heavy atom. The molecule has 0 spiro atoms. The molecule has 0 radical (unpaired) electrons. The molecule has 0 saturated heterocycles. The van der Waals surface area contributed by atoms with Crippen LogP contribution in [0.2, 0.25) is 0 Å². The molecule has 0 bridgehead atoms. The Kier molecular flexibility index (Phi) is 5.59. The minimum atomic E-state index is -4.72. The zero-order valence-electron chi connectivity index (χ0n) is 16.7. The second-order valence-corrected chi connectivity index (χ2v) is 7.94. The van der Waals surface area contributed by atoms with E-state index in [9.17, 15) is 18.4 Å². The van der Waals surface area contributed by atoms with E-state index in [0.29, 0.717) is 34.4 Å². The van der Waals surface area contributed by atoms with E-state index < -0.39 is 17.4 Å². The first kappa shape index (κ1) is 22.0. The zero-order chi connectivity index (χ0) is 23.0. The number of H-pyrrole nitrogens is 1. The van der Waals surface area contributed by atoms with E-state index >= 15 is 0 Å². The lowest BCUT2D eigenvalue weighted by Crippen LogP contribution is -2.12. The van der Waals surface area contributed by atoms with Crippen molar-refractivity contribution in [1.29, 1.82) is 5.26 Å². The monoisotopic (exact) mass is 451 g/mol. The maximum atomic E-state index is 12.8. The third kappa shape index (κ3) is 4.58. The van der Waals surface area contributed by atoms with Gasteiger partial charge in [-0.3, -0.25) is 5.10 Å². The molecule has 162 valence electrons. The minimum absolute atomic E-state index is 0.214. The SMILES string of the molecule is Cc1nc2c(N=NC(=Nc3nc(C(F)(F)F)ns3)C(C#N)=CN)c(C(C)(C)C)[nH]n2n1. The lowest BCUT2D eigenvalue weighted by atomic mass is 9.91. The van der Waals surface area contributed by atoms with Gasteiger partial charge in [-0.05, 0) is 6.92 Å². The van der Waals surface area contributed by atoms with Gasteiger partial charge in [-0.25, -0.2) is 4.98 Å². The minimum Gasteiger partial charge on any atom is -0.403 e. The lowest BCUT2D eigenvalue weighted by molar-refractivity contribution is -0.144. The first-order chi connectivity index (χ1) is 14.4. The van der Waals surface area contributed by atoms with E-state index in [2.05, 4.69) is 39.8 Å². The quantitative estimate of drug-likeness (QED) is 0.267. The van der Waals surface area contributed by atoms with Crippen LogP contribution < -0.4 is 5.73 Å². The molecule has 0 atom stereocenters. The number of nitrogens with two attached hydrogens (primary N) is 1. The normalized spacial score (nSPS) is 14.0. The number of alkyl halides is 3. The van der Waals surface area contributed by atoms with Crippen LogP contribution in [-0.2, 0) is 11.6 Å². The first-order valence-corrected chi connectivity index (χ1v) is 9.41. The van der Waals surface area contributed by atoms with Gasteiger partial charge < -0.3 is 5.73 Å². The number of azo groups is 1. The first-order valence-electron chi connectivity index (χ1n) is 8.63. The predicted octanol–water partition coefficient (Wildman–Crippen LogP) is 3.71. The zero-order valence-corrected chi connectivity index (χ0v) is 17.5. The topological polar surface area (TPSA) is 159 Å². The molecule has 0 amide bonds. The Balaban J connectivity index is 2.11. The van der Waals surface area contributed by atoms with Crippen LogP contribution in [0, 0.1) is 18.3 Å². The number of rotatable bonds is 3. The number of nitrogens with zero attached hydrogens (tertiary/aromatic N) is 9. The Bertz CT molecular complexity index is 1240. The molecular weight excluding hydrogens is 435 g/mol. The number of fused-ring (bicyclic) bond motifs is 1. The van der Waals surface area contributed by atoms with E-state index in [-0.39, 0.29) is 16.5 Å². The predicted molar refractivity (Wildman–Crippen MR) is 105 cm³/mol. The summed E-state index contributed by atoms with van der Waals surface area (Å²) in [5.41, 5.74) is 6.20. The number of nitrogens with one attached hydrogen (secondary N) is 1. The van der Waals surface area contributed by atoms with Crippen molar-refractivity contribution in [2.45, 2.75) is 39.3 Å². The van der Waals surface area contributed by atoms with Crippen LogP contribution in [0.5, 0.6) is 0 Å². The van der Waals surface area contributed by atoms with Crippen LogP contribution in [0.3, 0.4) is 0 Å². The average Bonchev–Trinajstić information content (AvgIpc) is 3.34. The van der Waals surface area contributed by atoms with Crippen LogP contribution in [0.15, 0.2) is 27.0 Å². The van der Waals surface area contributed by atoms with E-state index in [4.69, 9.17) is 5.73 Å². The van der Waals surface area contributed by atoms with E-state index in [1.54, 1.807) is 13.0 Å². The summed E-state index contributed by atoms with van der Waals surface area (Å²) in [5.74, 6) is -1.18. The van der Waals surface area contributed by atoms with Crippen LogP contribution in [0.4, 0.5) is 24.0 Å². The van der Waals surface area contributed by atoms with Crippen LogP contribution in [0.1, 0.15) is 38.1 Å². The van der Waals surface area contributed by atoms with Crippen LogP contribution in [0.25, 0.3) is 5.65 Å². The summed E-state index contributed by atoms with van der Waals surface area (Å²) >= 11 is 0.399. The number of aromatic nitrogens is 6. The van der Waals surface area contributed by atoms with Gasteiger partial charge in [0, 0.05) is 23.1 Å². The van der Waals surface area contributed by atoms with Crippen molar-refractivity contribution in [2.24, 2.45) is 21.0 Å². The van der Waals surface area contributed by atoms with Crippen molar-refractivity contribution in [3.63, 3.8) is 0 Å². The summed E-state index contributed by atoms with van der Waals surface area (Å²) in [6, 6.07) is 1.77. The molecule has 0 aliphatic heterocycles. The van der Waals surface area contributed by atoms with Gasteiger partial charge in [-0.1, -0.05) is 20.8 Å². The number of nitriles is 1. The second kappa shape index (κ2) is 7.87. The second-order valence-electron chi connectivity index (χ2n) is 7.21. The summed E-state index contributed by atoms with van der Waals surface area (Å²) in [6.07, 6.45) is -3.81. The highest BCUT2D eigenvalue weighted by Crippen LogP contribution is 2.34. The highest BCUT2D eigenvalue weighted by molar-refractivity contribution is 7.09. The van der Waals surface area contributed by atoms with E-state index in [1.807, 2.05) is 20.8 Å². The van der Waals surface area contributed by atoms with Gasteiger partial charge >= 0.3 is 6.18 Å². The summed E-state index contributed by atoms with van der Waals surface area (Å²) < 4.78 is 42.9. The number of aryl methyl sites for hydroxylation is 1. The van der Waals surface area contributed by atoms with Crippen molar-refractivity contribution < 1.29 is 13.2 Å². The lowest BCUT2D eigenvalue weighted by Gasteiger charge is -2.16. The van der Waals surface area contributed by atoms with Gasteiger partial charge in [-0.15, -0.1) is 15.3 Å². The van der Waals surface area contributed by atoms with Gasteiger partial charge in [-0.2, -0.15) is 37.4 Å². The molecule has 3 aromatic rings. The van der Waals surface area contributed by atoms with E-state index in [0.717, 1.165) is 6.20 Å². The van der Waals surface area contributed by atoms with Crippen LogP contribution in [-0.4, -0.2) is 35.0 Å². The average molecular weight is 451 g/mol. The molecule has 15 heteroatoms. The maximum Gasteiger partial charge on any atom is 0.452 e. The number of aliphatic imine (C=N–C) groups is 1. The summed E-state index contributed by atoms with van der Waals surface area (Å²) in [6.45, 7) is 7.49.